The van der Waals surface area contributed by atoms with Crippen LogP contribution >= 0.6 is 8.17 Å². The number of hydrogen-bond acceptors (Lipinski definition) is 9. The Morgan fingerprint density at radius 1 is 1.24 bits per heavy atom. The normalized spacial score (nSPS) is 25.1. The molecule has 2 aromatic rings. The summed E-state index contributed by atoms with van der Waals surface area (Å²) in [6.45, 7) is 4.41. The monoisotopic (exact) mass is 488 g/mol. The average Bonchev–Trinajstić information content (AvgIpc) is 3.19. The van der Waals surface area contributed by atoms with Crippen LogP contribution < -0.4 is 15.8 Å². The summed E-state index contributed by atoms with van der Waals surface area (Å²) in [5.74, 6) is -0.833. The first-order valence-electron chi connectivity index (χ1n) is 10.5. The zero-order valence-corrected chi connectivity index (χ0v) is 19.1. The molecular formula is C20H26FN2O9P. The number of aromatic nitrogens is 2. The van der Waals surface area contributed by atoms with Crippen molar-refractivity contribution in [2.24, 2.45) is 0 Å². The van der Waals surface area contributed by atoms with Gasteiger partial charge in [-0.25, -0.2) is 0 Å². The number of aromatic amines is 1. The maximum atomic E-state index is 13.7. The predicted molar refractivity (Wildman–Crippen MR) is 114 cm³/mol. The second-order valence-electron chi connectivity index (χ2n) is 7.38. The van der Waals surface area contributed by atoms with E-state index in [1.807, 2.05) is 18.8 Å². The molecule has 2 aliphatic rings. The Morgan fingerprint density at radius 2 is 1.97 bits per heavy atom. The van der Waals surface area contributed by atoms with Crippen molar-refractivity contribution in [3.05, 3.63) is 62.7 Å². The Labute approximate surface area is 188 Å². The first-order chi connectivity index (χ1) is 15.8. The molecule has 0 bridgehead atoms. The SMILES string of the molecule is CCOC(OCC)c1ccccc1O[PH]1(O)OC[C@H]2O[C@@H](n3cc(F)c(=O)[nH]c3=O)C[C@@H]2O1. The summed E-state index contributed by atoms with van der Waals surface area (Å²) >= 11 is 0. The fourth-order valence-electron chi connectivity index (χ4n) is 3.72. The zero-order chi connectivity index (χ0) is 23.6. The third-order valence-corrected chi connectivity index (χ3v) is 6.80. The van der Waals surface area contributed by atoms with Crippen molar-refractivity contribution in [3.63, 3.8) is 0 Å². The molecule has 0 unspecified atom stereocenters. The Balaban J connectivity index is 1.50. The van der Waals surface area contributed by atoms with Gasteiger partial charge in [-0.3, -0.25) is 0 Å². The maximum absolute atomic E-state index is 13.7. The summed E-state index contributed by atoms with van der Waals surface area (Å²) < 4.78 is 48.7. The van der Waals surface area contributed by atoms with Gasteiger partial charge in [-0.1, -0.05) is 0 Å². The van der Waals surface area contributed by atoms with Crippen molar-refractivity contribution in [3.8, 4) is 5.75 Å². The Bertz CT molecular complexity index is 1090. The van der Waals surface area contributed by atoms with Gasteiger partial charge < -0.3 is 0 Å². The van der Waals surface area contributed by atoms with E-state index in [1.165, 1.54) is 0 Å². The van der Waals surface area contributed by atoms with Crippen molar-refractivity contribution >= 4 is 8.17 Å². The molecule has 2 saturated heterocycles. The van der Waals surface area contributed by atoms with E-state index in [1.54, 1.807) is 24.3 Å². The van der Waals surface area contributed by atoms with Crippen LogP contribution in [0.5, 0.6) is 5.75 Å². The number of benzene rings is 1. The fraction of sp³-hybridized carbons (Fsp3) is 0.500. The van der Waals surface area contributed by atoms with Crippen molar-refractivity contribution in [1.82, 2.24) is 9.55 Å². The van der Waals surface area contributed by atoms with Crippen molar-refractivity contribution in [1.29, 1.82) is 0 Å². The minimum atomic E-state index is -4.16. The minimum absolute atomic E-state index is 0.0625. The molecule has 1 aromatic carbocycles. The third-order valence-electron chi connectivity index (χ3n) is 5.19. The molecule has 182 valence electrons. The van der Waals surface area contributed by atoms with Crippen molar-refractivity contribution < 1.29 is 37.1 Å². The molecule has 0 radical (unpaired) electrons. The summed E-state index contributed by atoms with van der Waals surface area (Å²) in [7, 11) is -4.16. The molecule has 3 atom stereocenters. The van der Waals surface area contributed by atoms with E-state index in [-0.39, 0.29) is 18.8 Å². The molecule has 2 N–H and O–H groups in total. The number of ether oxygens (including phenoxy) is 3. The van der Waals surface area contributed by atoms with Gasteiger partial charge in [-0.05, 0) is 0 Å². The van der Waals surface area contributed by atoms with Crippen LogP contribution in [-0.2, 0) is 23.3 Å². The van der Waals surface area contributed by atoms with E-state index in [0.717, 1.165) is 10.8 Å². The Kier molecular flexibility index (Phi) is 7.25. The van der Waals surface area contributed by atoms with Gasteiger partial charge in [-0.2, -0.15) is 0 Å². The van der Waals surface area contributed by atoms with Crippen LogP contribution in [0.25, 0.3) is 0 Å². The molecular weight excluding hydrogens is 462 g/mol. The molecule has 1 aromatic heterocycles. The van der Waals surface area contributed by atoms with Gasteiger partial charge in [0.1, 0.15) is 0 Å². The van der Waals surface area contributed by atoms with Gasteiger partial charge in [0.2, 0.25) is 0 Å². The van der Waals surface area contributed by atoms with Crippen LogP contribution in [0.15, 0.2) is 40.1 Å². The van der Waals surface area contributed by atoms with Crippen LogP contribution in [0.1, 0.15) is 38.3 Å². The number of hydrogen-bond donors (Lipinski definition) is 2. The summed E-state index contributed by atoms with van der Waals surface area (Å²) in [6, 6.07) is 6.90. The third kappa shape index (κ3) is 5.17. The molecule has 13 heteroatoms. The first kappa shape index (κ1) is 24.0. The van der Waals surface area contributed by atoms with Gasteiger partial charge in [0, 0.05) is 0 Å². The second-order valence-corrected chi connectivity index (χ2v) is 9.16. The fourth-order valence-corrected chi connectivity index (χ4v) is 5.37. The van der Waals surface area contributed by atoms with E-state index in [0.29, 0.717) is 18.8 Å². The van der Waals surface area contributed by atoms with Crippen molar-refractivity contribution in [2.45, 2.75) is 45.0 Å². The molecule has 3 heterocycles. The Morgan fingerprint density at radius 3 is 2.70 bits per heavy atom. The summed E-state index contributed by atoms with van der Waals surface area (Å²) in [5.41, 5.74) is -1.37. The molecule has 0 spiro atoms. The molecule has 2 fully saturated rings. The predicted octanol–water partition coefficient (Wildman–Crippen LogP) is 1.93. The van der Waals surface area contributed by atoms with E-state index in [2.05, 4.69) is 0 Å². The topological polar surface area (TPSA) is 130 Å². The van der Waals surface area contributed by atoms with E-state index in [4.69, 9.17) is 27.8 Å². The van der Waals surface area contributed by atoms with Crippen LogP contribution in [-0.4, -0.2) is 46.5 Å². The van der Waals surface area contributed by atoms with Gasteiger partial charge in [0.25, 0.3) is 0 Å². The number of rotatable bonds is 8. The number of nitrogens with zero attached hydrogens (tertiary/aromatic N) is 1. The van der Waals surface area contributed by atoms with Crippen LogP contribution in [0.2, 0.25) is 0 Å². The van der Waals surface area contributed by atoms with Crippen LogP contribution in [0.3, 0.4) is 0 Å². The van der Waals surface area contributed by atoms with Gasteiger partial charge in [0.15, 0.2) is 0 Å². The molecule has 33 heavy (non-hydrogen) atoms. The summed E-state index contributed by atoms with van der Waals surface area (Å²) in [4.78, 5) is 36.2. The standard InChI is InChI=1S/C20H26FN2O9P/c1-3-27-19(28-4-2)12-7-5-6-8-14(12)31-33(26)29-11-16-15(32-33)9-17(30-16)23-10-13(21)18(24)22-20(23)25/h5-8,10,15-17,19,26,33H,3-4,9,11H2,1-2H3,(H,22,24,25)/t15-,16+,17+/m0/s1. The Hall–Kier alpha value is -2.18. The van der Waals surface area contributed by atoms with Gasteiger partial charge in [-0.15, -0.1) is 0 Å². The number of fused-ring (bicyclic) bond motifs is 1. The molecule has 11 nitrogen and oxygen atoms in total. The summed E-state index contributed by atoms with van der Waals surface area (Å²) in [5, 5.41) is 0. The van der Waals surface area contributed by atoms with E-state index in [9.17, 15) is 18.9 Å². The number of halogens is 1. The van der Waals surface area contributed by atoms with E-state index < -0.39 is 50.0 Å². The van der Waals surface area contributed by atoms with Gasteiger partial charge in [0.05, 0.1) is 0 Å². The molecule has 4 rings (SSSR count). The summed E-state index contributed by atoms with van der Waals surface area (Å²) in [6.07, 6.45) is -2.02. The molecule has 0 amide bonds. The van der Waals surface area contributed by atoms with Gasteiger partial charge >= 0.3 is 188 Å². The second kappa shape index (κ2) is 9.98. The first-order valence-corrected chi connectivity index (χ1v) is 12.2. The number of nitrogens with one attached hydrogen (secondary N) is 1. The quantitative estimate of drug-likeness (QED) is 0.423. The van der Waals surface area contributed by atoms with E-state index >= 15 is 0 Å². The molecule has 0 aliphatic carbocycles. The number of para-hydroxylation sites is 1. The number of H-pyrrole nitrogens is 1. The van der Waals surface area contributed by atoms with Crippen molar-refractivity contribution in [2.75, 3.05) is 19.8 Å². The molecule has 0 saturated carbocycles. The van der Waals surface area contributed by atoms with Crippen LogP contribution in [0.4, 0.5) is 4.39 Å². The molecule has 2 aliphatic heterocycles. The zero-order valence-electron chi connectivity index (χ0n) is 18.1. The van der Waals surface area contributed by atoms with Crippen LogP contribution in [0, 0.1) is 5.82 Å². The average molecular weight is 488 g/mol.